The molecular formula is C19H13N. The summed E-state index contributed by atoms with van der Waals surface area (Å²) in [5.74, 6) is 0. The van der Waals surface area contributed by atoms with E-state index in [1.165, 1.54) is 44.1 Å². The van der Waals surface area contributed by atoms with Crippen molar-refractivity contribution in [1.82, 2.24) is 4.98 Å². The Morgan fingerprint density at radius 2 is 1.55 bits per heavy atom. The molecular weight excluding hydrogens is 242 g/mol. The van der Waals surface area contributed by atoms with Gasteiger partial charge in [-0.15, -0.1) is 0 Å². The standard InChI is InChI=1S/C19H13N/c1-2-6-13-12(5-1)11-17-14(13)9-10-16-15-7-3-4-8-18(15)20-19(16)17/h1-10,20H,11H2. The van der Waals surface area contributed by atoms with Crippen LogP contribution in [0.3, 0.4) is 0 Å². The maximum absolute atomic E-state index is 3.61. The van der Waals surface area contributed by atoms with Crippen LogP contribution < -0.4 is 0 Å². The van der Waals surface area contributed by atoms with E-state index in [1.807, 2.05) is 0 Å². The molecule has 0 bridgehead atoms. The average molecular weight is 255 g/mol. The van der Waals surface area contributed by atoms with Gasteiger partial charge in [-0.1, -0.05) is 54.6 Å². The number of aromatic amines is 1. The summed E-state index contributed by atoms with van der Waals surface area (Å²) in [5, 5.41) is 2.66. The van der Waals surface area contributed by atoms with E-state index in [4.69, 9.17) is 0 Å². The Labute approximate surface area is 116 Å². The molecule has 0 atom stereocenters. The molecule has 1 nitrogen and oxygen atoms in total. The number of nitrogens with one attached hydrogen (secondary N) is 1. The summed E-state index contributed by atoms with van der Waals surface area (Å²) in [7, 11) is 0. The fourth-order valence-corrected chi connectivity index (χ4v) is 3.54. The van der Waals surface area contributed by atoms with Crippen molar-refractivity contribution in [3.8, 4) is 11.1 Å². The first-order valence-corrected chi connectivity index (χ1v) is 7.02. The van der Waals surface area contributed by atoms with Gasteiger partial charge >= 0.3 is 0 Å². The van der Waals surface area contributed by atoms with Crippen molar-refractivity contribution >= 4 is 21.8 Å². The van der Waals surface area contributed by atoms with E-state index in [0.29, 0.717) is 0 Å². The summed E-state index contributed by atoms with van der Waals surface area (Å²) in [6, 6.07) is 21.8. The van der Waals surface area contributed by atoms with Gasteiger partial charge in [-0.3, -0.25) is 0 Å². The normalized spacial score (nSPS) is 12.8. The lowest BCUT2D eigenvalue weighted by Gasteiger charge is -2.01. The van der Waals surface area contributed by atoms with Crippen LogP contribution in [0.25, 0.3) is 32.9 Å². The second-order valence-electron chi connectivity index (χ2n) is 5.52. The lowest BCUT2D eigenvalue weighted by Crippen LogP contribution is -1.82. The van der Waals surface area contributed by atoms with Gasteiger partial charge in [0.05, 0.1) is 5.52 Å². The summed E-state index contributed by atoms with van der Waals surface area (Å²) in [5.41, 5.74) is 8.20. The van der Waals surface area contributed by atoms with Crippen LogP contribution in [0.15, 0.2) is 60.7 Å². The number of para-hydroxylation sites is 1. The van der Waals surface area contributed by atoms with Gasteiger partial charge < -0.3 is 4.98 Å². The molecule has 0 aliphatic heterocycles. The third kappa shape index (κ3) is 1.17. The first-order chi connectivity index (χ1) is 9.92. The van der Waals surface area contributed by atoms with E-state index in [2.05, 4.69) is 65.6 Å². The van der Waals surface area contributed by atoms with Gasteiger partial charge in [0.15, 0.2) is 0 Å². The van der Waals surface area contributed by atoms with Crippen LogP contribution in [-0.2, 0) is 6.42 Å². The Morgan fingerprint density at radius 1 is 0.700 bits per heavy atom. The molecule has 0 unspecified atom stereocenters. The van der Waals surface area contributed by atoms with E-state index in [-0.39, 0.29) is 0 Å². The number of fused-ring (bicyclic) bond motifs is 7. The number of aromatic nitrogens is 1. The molecule has 4 aromatic rings. The minimum Gasteiger partial charge on any atom is -0.354 e. The predicted octanol–water partition coefficient (Wildman–Crippen LogP) is 4.89. The van der Waals surface area contributed by atoms with Gasteiger partial charge in [-0.2, -0.15) is 0 Å². The van der Waals surface area contributed by atoms with Crippen molar-refractivity contribution in [3.05, 3.63) is 71.8 Å². The van der Waals surface area contributed by atoms with Crippen molar-refractivity contribution in [3.63, 3.8) is 0 Å². The number of hydrogen-bond acceptors (Lipinski definition) is 0. The predicted molar refractivity (Wildman–Crippen MR) is 84.0 cm³/mol. The topological polar surface area (TPSA) is 15.8 Å². The lowest BCUT2D eigenvalue weighted by atomic mass is 10.0. The largest absolute Gasteiger partial charge is 0.354 e. The maximum Gasteiger partial charge on any atom is 0.0507 e. The van der Waals surface area contributed by atoms with Crippen LogP contribution >= 0.6 is 0 Å². The fourth-order valence-electron chi connectivity index (χ4n) is 3.54. The third-order valence-electron chi connectivity index (χ3n) is 4.46. The van der Waals surface area contributed by atoms with Crippen molar-refractivity contribution in [2.75, 3.05) is 0 Å². The molecule has 1 heterocycles. The van der Waals surface area contributed by atoms with Gasteiger partial charge in [0.1, 0.15) is 0 Å². The Morgan fingerprint density at radius 3 is 2.55 bits per heavy atom. The number of H-pyrrole nitrogens is 1. The molecule has 0 amide bonds. The van der Waals surface area contributed by atoms with Crippen LogP contribution in [-0.4, -0.2) is 4.98 Å². The summed E-state index contributed by atoms with van der Waals surface area (Å²) in [4.78, 5) is 3.61. The quantitative estimate of drug-likeness (QED) is 0.405. The van der Waals surface area contributed by atoms with Crippen molar-refractivity contribution in [2.45, 2.75) is 6.42 Å². The SMILES string of the molecule is c1ccc2c(c1)Cc1c-2ccc2c1[nH]c1ccccc12. The van der Waals surface area contributed by atoms with E-state index in [1.54, 1.807) is 0 Å². The molecule has 5 rings (SSSR count). The van der Waals surface area contributed by atoms with Crippen molar-refractivity contribution in [2.24, 2.45) is 0 Å². The summed E-state index contributed by atoms with van der Waals surface area (Å²) in [6.45, 7) is 0. The van der Waals surface area contributed by atoms with Crippen LogP contribution in [0.5, 0.6) is 0 Å². The molecule has 1 N–H and O–H groups in total. The summed E-state index contributed by atoms with van der Waals surface area (Å²) in [6.07, 6.45) is 1.04. The molecule has 1 aliphatic rings. The Balaban J connectivity index is 1.93. The van der Waals surface area contributed by atoms with E-state index >= 15 is 0 Å². The van der Waals surface area contributed by atoms with Gasteiger partial charge in [0.25, 0.3) is 0 Å². The van der Waals surface area contributed by atoms with Crippen LogP contribution in [0.4, 0.5) is 0 Å². The highest BCUT2D eigenvalue weighted by Crippen LogP contribution is 2.41. The Kier molecular flexibility index (Phi) is 1.80. The highest BCUT2D eigenvalue weighted by Gasteiger charge is 2.21. The Bertz CT molecular complexity index is 976. The third-order valence-corrected chi connectivity index (χ3v) is 4.46. The molecule has 94 valence electrons. The smallest absolute Gasteiger partial charge is 0.0507 e. The Hall–Kier alpha value is -2.54. The molecule has 1 heteroatoms. The van der Waals surface area contributed by atoms with Crippen molar-refractivity contribution < 1.29 is 0 Å². The minimum atomic E-state index is 1.04. The summed E-state index contributed by atoms with van der Waals surface area (Å²) < 4.78 is 0. The number of rotatable bonds is 0. The second kappa shape index (κ2) is 3.51. The first-order valence-electron chi connectivity index (χ1n) is 7.02. The van der Waals surface area contributed by atoms with Gasteiger partial charge in [-0.25, -0.2) is 0 Å². The van der Waals surface area contributed by atoms with Crippen LogP contribution in [0.1, 0.15) is 11.1 Å². The molecule has 0 spiro atoms. The minimum absolute atomic E-state index is 1.04. The molecule has 3 aromatic carbocycles. The van der Waals surface area contributed by atoms with E-state index < -0.39 is 0 Å². The number of hydrogen-bond donors (Lipinski definition) is 1. The van der Waals surface area contributed by atoms with Crippen LogP contribution in [0, 0.1) is 0 Å². The number of benzene rings is 3. The van der Waals surface area contributed by atoms with Gasteiger partial charge in [0, 0.05) is 22.7 Å². The fraction of sp³-hybridized carbons (Fsp3) is 0.0526. The monoisotopic (exact) mass is 255 g/mol. The highest BCUT2D eigenvalue weighted by molar-refractivity contribution is 6.10. The zero-order chi connectivity index (χ0) is 13.1. The molecule has 1 aromatic heterocycles. The lowest BCUT2D eigenvalue weighted by molar-refractivity contribution is 1.27. The van der Waals surface area contributed by atoms with E-state index in [0.717, 1.165) is 6.42 Å². The molecule has 1 aliphatic carbocycles. The molecule has 0 saturated heterocycles. The highest BCUT2D eigenvalue weighted by atomic mass is 14.7. The average Bonchev–Trinajstić information content (AvgIpc) is 3.05. The first kappa shape index (κ1) is 10.3. The van der Waals surface area contributed by atoms with Crippen LogP contribution in [0.2, 0.25) is 0 Å². The molecule has 20 heavy (non-hydrogen) atoms. The molecule has 0 saturated carbocycles. The second-order valence-corrected chi connectivity index (χ2v) is 5.52. The molecule has 0 fully saturated rings. The zero-order valence-electron chi connectivity index (χ0n) is 11.0. The van der Waals surface area contributed by atoms with E-state index in [9.17, 15) is 0 Å². The summed E-state index contributed by atoms with van der Waals surface area (Å²) >= 11 is 0. The van der Waals surface area contributed by atoms with Gasteiger partial charge in [-0.05, 0) is 28.3 Å². The maximum atomic E-state index is 3.61. The zero-order valence-corrected chi connectivity index (χ0v) is 11.0. The van der Waals surface area contributed by atoms with Crippen molar-refractivity contribution in [1.29, 1.82) is 0 Å². The molecule has 0 radical (unpaired) electrons. The van der Waals surface area contributed by atoms with Gasteiger partial charge in [0.2, 0.25) is 0 Å².